The summed E-state index contributed by atoms with van der Waals surface area (Å²) in [6, 6.07) is 9.36. The average molecular weight is 527 g/mol. The fourth-order valence-corrected chi connectivity index (χ4v) is 3.99. The van der Waals surface area contributed by atoms with Gasteiger partial charge in [0.1, 0.15) is 29.2 Å². The number of pyridine rings is 1. The zero-order valence-corrected chi connectivity index (χ0v) is 19.7. The van der Waals surface area contributed by atoms with Crippen molar-refractivity contribution in [2.24, 2.45) is 12.8 Å². The Hall–Kier alpha value is -5.12. The summed E-state index contributed by atoms with van der Waals surface area (Å²) in [6.07, 6.45) is 1.18. The smallest absolute Gasteiger partial charge is 0.387 e. The third-order valence-electron chi connectivity index (χ3n) is 5.60. The maximum atomic E-state index is 15.3. The van der Waals surface area contributed by atoms with E-state index in [-0.39, 0.29) is 34.0 Å². The summed E-state index contributed by atoms with van der Waals surface area (Å²) in [7, 11) is 2.50. The maximum Gasteiger partial charge on any atom is 0.387 e. The molecule has 2 aromatic carbocycles. The first-order chi connectivity index (χ1) is 18.1. The molecule has 4 rings (SSSR count). The zero-order valence-electron chi connectivity index (χ0n) is 19.7. The number of alkyl halides is 2. The number of carbonyl (C=O) groups is 1. The SMILES string of the molecule is COc1cc(F)c(-c2c(-c3cc(OC(F)F)ccc3C(N)=O)c(=O)n(-c3ccc(C#N)cn3)n2C)c(F)c1. The van der Waals surface area contributed by atoms with Crippen molar-refractivity contribution in [1.29, 1.82) is 5.26 Å². The van der Waals surface area contributed by atoms with Crippen molar-refractivity contribution >= 4 is 5.91 Å². The number of rotatable bonds is 7. The Bertz CT molecular complexity index is 1630. The number of hydrogen-bond acceptors (Lipinski definition) is 6. The van der Waals surface area contributed by atoms with Crippen molar-refractivity contribution in [3.63, 3.8) is 0 Å². The van der Waals surface area contributed by atoms with Crippen LogP contribution in [0.5, 0.6) is 11.5 Å². The van der Waals surface area contributed by atoms with Crippen molar-refractivity contribution < 1.29 is 31.8 Å². The van der Waals surface area contributed by atoms with Gasteiger partial charge in [0.25, 0.3) is 5.56 Å². The van der Waals surface area contributed by atoms with Gasteiger partial charge >= 0.3 is 6.61 Å². The summed E-state index contributed by atoms with van der Waals surface area (Å²) < 4.78 is 67.8. The molecule has 0 aliphatic heterocycles. The van der Waals surface area contributed by atoms with Gasteiger partial charge in [-0.2, -0.15) is 18.7 Å². The quantitative estimate of drug-likeness (QED) is 0.365. The van der Waals surface area contributed by atoms with Crippen LogP contribution in [0.1, 0.15) is 15.9 Å². The zero-order chi connectivity index (χ0) is 27.7. The lowest BCUT2D eigenvalue weighted by Gasteiger charge is -2.14. The van der Waals surface area contributed by atoms with Gasteiger partial charge in [-0.25, -0.2) is 13.8 Å². The van der Waals surface area contributed by atoms with Gasteiger partial charge in [-0.05, 0) is 30.3 Å². The number of carbonyl (C=O) groups excluding carboxylic acids is 1. The molecular weight excluding hydrogens is 510 g/mol. The van der Waals surface area contributed by atoms with Crippen LogP contribution in [0.15, 0.2) is 53.5 Å². The molecule has 0 saturated heterocycles. The normalized spacial score (nSPS) is 10.9. The van der Waals surface area contributed by atoms with Gasteiger partial charge in [0.05, 0.1) is 29.5 Å². The van der Waals surface area contributed by atoms with Crippen molar-refractivity contribution in [3.05, 3.63) is 81.8 Å². The maximum absolute atomic E-state index is 15.3. The molecule has 0 unspecified atom stereocenters. The third kappa shape index (κ3) is 4.55. The summed E-state index contributed by atoms with van der Waals surface area (Å²) in [4.78, 5) is 30.1. The van der Waals surface area contributed by atoms with Gasteiger partial charge < -0.3 is 15.2 Å². The number of hydrogen-bond donors (Lipinski definition) is 1. The van der Waals surface area contributed by atoms with E-state index in [1.807, 2.05) is 6.07 Å². The van der Waals surface area contributed by atoms with E-state index in [1.165, 1.54) is 32.5 Å². The molecule has 0 bridgehead atoms. The van der Waals surface area contributed by atoms with Crippen molar-refractivity contribution in [2.75, 3.05) is 7.11 Å². The number of nitrogens with two attached hydrogens (primary N) is 1. The highest BCUT2D eigenvalue weighted by molar-refractivity contribution is 6.02. The molecule has 0 atom stereocenters. The van der Waals surface area contributed by atoms with E-state index in [0.717, 1.165) is 39.7 Å². The predicted octanol–water partition coefficient (Wildman–Crippen LogP) is 3.76. The number of methoxy groups -OCH3 is 1. The van der Waals surface area contributed by atoms with Crippen LogP contribution in [-0.2, 0) is 7.05 Å². The first kappa shape index (κ1) is 26.0. The minimum atomic E-state index is -3.24. The molecule has 194 valence electrons. The van der Waals surface area contributed by atoms with Gasteiger partial charge in [-0.15, -0.1) is 0 Å². The van der Waals surface area contributed by atoms with E-state index in [4.69, 9.17) is 15.7 Å². The van der Waals surface area contributed by atoms with Gasteiger partial charge in [0, 0.05) is 36.5 Å². The molecule has 9 nitrogen and oxygen atoms in total. The number of ether oxygens (including phenoxy) is 2. The highest BCUT2D eigenvalue weighted by atomic mass is 19.3. The van der Waals surface area contributed by atoms with Crippen LogP contribution in [-0.4, -0.2) is 34.0 Å². The second-order valence-electron chi connectivity index (χ2n) is 7.80. The molecule has 0 aliphatic rings. The van der Waals surface area contributed by atoms with Crippen molar-refractivity contribution in [3.8, 4) is 45.8 Å². The topological polar surface area (TPSA) is 125 Å². The van der Waals surface area contributed by atoms with Crippen LogP contribution >= 0.6 is 0 Å². The second-order valence-corrected chi connectivity index (χ2v) is 7.80. The number of aromatic nitrogens is 3. The van der Waals surface area contributed by atoms with Crippen LogP contribution in [0, 0.1) is 23.0 Å². The summed E-state index contributed by atoms with van der Waals surface area (Å²) >= 11 is 0. The Morgan fingerprint density at radius 2 is 1.76 bits per heavy atom. The molecule has 2 aromatic heterocycles. The van der Waals surface area contributed by atoms with Crippen molar-refractivity contribution in [1.82, 2.24) is 14.3 Å². The lowest BCUT2D eigenvalue weighted by Crippen LogP contribution is -2.22. The number of primary amides is 1. The minimum absolute atomic E-state index is 0.0426. The van der Waals surface area contributed by atoms with E-state index in [9.17, 15) is 18.4 Å². The van der Waals surface area contributed by atoms with Gasteiger partial charge in [0.15, 0.2) is 5.82 Å². The molecule has 0 radical (unpaired) electrons. The highest BCUT2D eigenvalue weighted by Gasteiger charge is 2.30. The lowest BCUT2D eigenvalue weighted by atomic mass is 9.95. The van der Waals surface area contributed by atoms with E-state index >= 15 is 8.78 Å². The van der Waals surface area contributed by atoms with Crippen LogP contribution in [0.25, 0.3) is 28.2 Å². The second kappa shape index (κ2) is 10.1. The van der Waals surface area contributed by atoms with Gasteiger partial charge in [-0.1, -0.05) is 0 Å². The van der Waals surface area contributed by atoms with Crippen LogP contribution < -0.4 is 20.8 Å². The highest BCUT2D eigenvalue weighted by Crippen LogP contribution is 2.38. The molecule has 0 spiro atoms. The number of benzene rings is 2. The van der Waals surface area contributed by atoms with E-state index in [0.29, 0.717) is 0 Å². The lowest BCUT2D eigenvalue weighted by molar-refractivity contribution is -0.0498. The number of halogens is 4. The number of nitrogens with zero attached hydrogens (tertiary/aromatic N) is 4. The van der Waals surface area contributed by atoms with Crippen LogP contribution in [0.3, 0.4) is 0 Å². The molecule has 0 fully saturated rings. The molecule has 0 aliphatic carbocycles. The largest absolute Gasteiger partial charge is 0.497 e. The Kier molecular flexibility index (Phi) is 6.89. The first-order valence-corrected chi connectivity index (χ1v) is 10.7. The standard InChI is InChI=1S/C25H17F4N5O4/c1-33-22(21-17(26)8-14(37-2)9-18(21)27)20(24(36)34(33)19-6-3-12(10-30)11-32-19)16-7-13(38-25(28)29)4-5-15(16)23(31)35/h3-9,11,25H,1-2H3,(H2,31,35). The van der Waals surface area contributed by atoms with Crippen molar-refractivity contribution in [2.45, 2.75) is 6.61 Å². The van der Waals surface area contributed by atoms with E-state index in [2.05, 4.69) is 9.72 Å². The van der Waals surface area contributed by atoms with Gasteiger partial charge in [0.2, 0.25) is 5.91 Å². The molecule has 38 heavy (non-hydrogen) atoms. The fraction of sp³-hybridized carbons (Fsp3) is 0.120. The van der Waals surface area contributed by atoms with Crippen LogP contribution in [0.4, 0.5) is 17.6 Å². The Morgan fingerprint density at radius 1 is 1.08 bits per heavy atom. The predicted molar refractivity (Wildman–Crippen MR) is 126 cm³/mol. The summed E-state index contributed by atoms with van der Waals surface area (Å²) in [5.74, 6) is -3.91. The number of amides is 1. The summed E-state index contributed by atoms with van der Waals surface area (Å²) in [5, 5.41) is 9.06. The molecule has 2 N–H and O–H groups in total. The minimum Gasteiger partial charge on any atom is -0.497 e. The molecule has 4 aromatic rings. The monoisotopic (exact) mass is 527 g/mol. The average Bonchev–Trinajstić information content (AvgIpc) is 3.12. The van der Waals surface area contributed by atoms with Gasteiger partial charge in [-0.3, -0.25) is 14.3 Å². The molecule has 0 saturated carbocycles. The summed E-state index contributed by atoms with van der Waals surface area (Å²) in [5.41, 5.74) is 2.62. The Morgan fingerprint density at radius 3 is 2.29 bits per heavy atom. The third-order valence-corrected chi connectivity index (χ3v) is 5.60. The molecular formula is C25H17F4N5O4. The molecule has 13 heteroatoms. The van der Waals surface area contributed by atoms with E-state index < -0.39 is 46.6 Å². The fourth-order valence-electron chi connectivity index (χ4n) is 3.99. The Labute approximate surface area is 211 Å². The van der Waals surface area contributed by atoms with E-state index in [1.54, 1.807) is 0 Å². The Balaban J connectivity index is 2.15. The van der Waals surface area contributed by atoms with Crippen LogP contribution in [0.2, 0.25) is 0 Å². The number of nitriles is 1. The first-order valence-electron chi connectivity index (χ1n) is 10.7. The molecule has 1 amide bonds. The molecule has 2 heterocycles. The summed E-state index contributed by atoms with van der Waals surface area (Å²) in [6.45, 7) is -3.24.